The fraction of sp³-hybridized carbons (Fsp3) is 0.176. The number of nitrogens with zero attached hydrogens (tertiary/aromatic N) is 4. The van der Waals surface area contributed by atoms with E-state index >= 15 is 0 Å². The van der Waals surface area contributed by atoms with E-state index in [1.54, 1.807) is 18.3 Å². The number of amides is 1. The maximum atomic E-state index is 12.9. The average molecular weight is 462 g/mol. The van der Waals surface area contributed by atoms with Gasteiger partial charge in [0.05, 0.1) is 16.9 Å². The van der Waals surface area contributed by atoms with E-state index in [4.69, 9.17) is 5.84 Å². The topological polar surface area (TPSA) is 98.7 Å². The molecule has 0 radical (unpaired) electrons. The van der Waals surface area contributed by atoms with Gasteiger partial charge in [-0.2, -0.15) is 26.3 Å². The second-order valence-corrected chi connectivity index (χ2v) is 6.99. The average Bonchev–Trinajstić information content (AvgIpc) is 3.06. The van der Waals surface area contributed by atoms with Crippen LogP contribution in [0.2, 0.25) is 0 Å². The Bertz CT molecular complexity index is 1050. The van der Waals surface area contributed by atoms with Gasteiger partial charge in [-0.1, -0.05) is 11.8 Å². The number of halogens is 6. The standard InChI is InChI=1S/C17H12F6N6OS/c18-16(19,20)10-4-11(17(21,22)23)6-12(5-10)26-13(30)8-31-15-28-27-14(29(15)24)9-2-1-3-25-7-9/h1-7H,8,24H2,(H,26,30). The number of nitrogens with one attached hydrogen (secondary N) is 1. The second kappa shape index (κ2) is 8.45. The number of pyridine rings is 1. The lowest BCUT2D eigenvalue weighted by Crippen LogP contribution is -2.18. The van der Waals surface area contributed by atoms with E-state index in [2.05, 4.69) is 15.2 Å². The summed E-state index contributed by atoms with van der Waals surface area (Å²) in [5.41, 5.74) is -3.16. The molecule has 3 rings (SSSR count). The Balaban J connectivity index is 1.72. The van der Waals surface area contributed by atoms with E-state index in [0.717, 1.165) is 16.4 Å². The quantitative estimate of drug-likeness (QED) is 0.340. The van der Waals surface area contributed by atoms with Gasteiger partial charge in [-0.25, -0.2) is 4.68 Å². The zero-order valence-electron chi connectivity index (χ0n) is 15.2. The van der Waals surface area contributed by atoms with E-state index in [9.17, 15) is 31.1 Å². The molecule has 0 aliphatic carbocycles. The van der Waals surface area contributed by atoms with Crippen LogP contribution in [0.5, 0.6) is 0 Å². The number of nitrogens with two attached hydrogens (primary N) is 1. The van der Waals surface area contributed by atoms with Crippen molar-refractivity contribution >= 4 is 23.4 Å². The Kier molecular flexibility index (Phi) is 6.10. The van der Waals surface area contributed by atoms with Crippen LogP contribution in [0.3, 0.4) is 0 Å². The highest BCUT2D eigenvalue weighted by atomic mass is 32.2. The van der Waals surface area contributed by atoms with Crippen LogP contribution >= 0.6 is 11.8 Å². The molecular weight excluding hydrogens is 450 g/mol. The Morgan fingerprint density at radius 2 is 1.71 bits per heavy atom. The zero-order chi connectivity index (χ0) is 22.8. The molecule has 0 bridgehead atoms. The highest BCUT2D eigenvalue weighted by Gasteiger charge is 2.37. The van der Waals surface area contributed by atoms with Crippen molar-refractivity contribution in [3.63, 3.8) is 0 Å². The predicted octanol–water partition coefficient (Wildman–Crippen LogP) is 3.82. The molecule has 0 saturated carbocycles. The minimum Gasteiger partial charge on any atom is -0.335 e. The molecule has 0 aliphatic heterocycles. The number of nitrogen functional groups attached to an aromatic ring is 1. The number of carbonyl (C=O) groups excluding carboxylic acids is 1. The Labute approximate surface area is 174 Å². The molecule has 3 aromatic rings. The van der Waals surface area contributed by atoms with Gasteiger partial charge in [0.2, 0.25) is 11.1 Å². The first-order valence-electron chi connectivity index (χ1n) is 8.28. The van der Waals surface area contributed by atoms with Crippen molar-refractivity contribution in [1.82, 2.24) is 19.9 Å². The van der Waals surface area contributed by atoms with E-state index in [1.165, 1.54) is 6.20 Å². The summed E-state index contributed by atoms with van der Waals surface area (Å²) in [5.74, 6) is 4.88. The lowest BCUT2D eigenvalue weighted by atomic mass is 10.1. The summed E-state index contributed by atoms with van der Waals surface area (Å²) in [6.45, 7) is 0. The monoisotopic (exact) mass is 462 g/mol. The van der Waals surface area contributed by atoms with Crippen LogP contribution in [0, 0.1) is 0 Å². The van der Waals surface area contributed by atoms with Crippen LogP contribution in [0.4, 0.5) is 32.0 Å². The molecule has 0 spiro atoms. The highest BCUT2D eigenvalue weighted by molar-refractivity contribution is 7.99. The number of aromatic nitrogens is 4. The van der Waals surface area contributed by atoms with Gasteiger partial charge >= 0.3 is 12.4 Å². The van der Waals surface area contributed by atoms with Crippen LogP contribution < -0.4 is 11.2 Å². The second-order valence-electron chi connectivity index (χ2n) is 6.05. The van der Waals surface area contributed by atoms with Gasteiger partial charge in [0.1, 0.15) is 0 Å². The van der Waals surface area contributed by atoms with Gasteiger partial charge in [0, 0.05) is 23.6 Å². The molecule has 31 heavy (non-hydrogen) atoms. The van der Waals surface area contributed by atoms with Gasteiger partial charge in [0.25, 0.3) is 0 Å². The summed E-state index contributed by atoms with van der Waals surface area (Å²) in [6.07, 6.45) is -7.01. The SMILES string of the molecule is Nn1c(SCC(=O)Nc2cc(C(F)(F)F)cc(C(F)(F)F)c2)nnc1-c1cccnc1. The summed E-state index contributed by atoms with van der Waals surface area (Å²) in [7, 11) is 0. The maximum absolute atomic E-state index is 12.9. The molecule has 14 heteroatoms. The third-order valence-corrected chi connectivity index (χ3v) is 4.73. The van der Waals surface area contributed by atoms with Crippen molar-refractivity contribution in [1.29, 1.82) is 0 Å². The third-order valence-electron chi connectivity index (χ3n) is 3.79. The zero-order valence-corrected chi connectivity index (χ0v) is 16.0. The number of rotatable bonds is 5. The molecule has 0 saturated heterocycles. The van der Waals surface area contributed by atoms with Gasteiger partial charge < -0.3 is 11.2 Å². The van der Waals surface area contributed by atoms with Crippen molar-refractivity contribution in [2.24, 2.45) is 0 Å². The largest absolute Gasteiger partial charge is 0.416 e. The smallest absolute Gasteiger partial charge is 0.335 e. The predicted molar refractivity (Wildman–Crippen MR) is 99.2 cm³/mol. The molecular formula is C17H12F6N6OS. The maximum Gasteiger partial charge on any atom is 0.416 e. The molecule has 2 heterocycles. The molecule has 0 unspecified atom stereocenters. The third kappa shape index (κ3) is 5.45. The molecule has 2 aromatic heterocycles. The number of anilines is 1. The van der Waals surface area contributed by atoms with Crippen molar-refractivity contribution in [2.45, 2.75) is 17.5 Å². The molecule has 164 valence electrons. The molecule has 0 fully saturated rings. The van der Waals surface area contributed by atoms with Crippen molar-refractivity contribution in [3.8, 4) is 11.4 Å². The van der Waals surface area contributed by atoms with Crippen LogP contribution in [-0.2, 0) is 17.1 Å². The summed E-state index contributed by atoms with van der Waals surface area (Å²) >= 11 is 0.797. The van der Waals surface area contributed by atoms with Gasteiger partial charge in [0.15, 0.2) is 5.82 Å². The number of hydrogen-bond acceptors (Lipinski definition) is 6. The Morgan fingerprint density at radius 3 is 2.26 bits per heavy atom. The van der Waals surface area contributed by atoms with Gasteiger partial charge in [-0.05, 0) is 30.3 Å². The van der Waals surface area contributed by atoms with Crippen LogP contribution in [0.15, 0.2) is 47.9 Å². The van der Waals surface area contributed by atoms with Gasteiger partial charge in [-0.3, -0.25) is 9.78 Å². The molecule has 0 aliphatic rings. The van der Waals surface area contributed by atoms with Crippen LogP contribution in [-0.4, -0.2) is 31.5 Å². The van der Waals surface area contributed by atoms with Gasteiger partial charge in [-0.15, -0.1) is 10.2 Å². The van der Waals surface area contributed by atoms with Crippen LogP contribution in [0.25, 0.3) is 11.4 Å². The minimum atomic E-state index is -5.02. The van der Waals surface area contributed by atoms with E-state index < -0.39 is 35.1 Å². The van der Waals surface area contributed by atoms with E-state index in [-0.39, 0.29) is 22.8 Å². The molecule has 3 N–H and O–H groups in total. The van der Waals surface area contributed by atoms with E-state index in [0.29, 0.717) is 17.7 Å². The molecule has 0 atom stereocenters. The fourth-order valence-electron chi connectivity index (χ4n) is 2.42. The van der Waals surface area contributed by atoms with Crippen molar-refractivity contribution in [3.05, 3.63) is 53.9 Å². The molecule has 7 nitrogen and oxygen atoms in total. The van der Waals surface area contributed by atoms with Crippen molar-refractivity contribution < 1.29 is 31.1 Å². The number of benzene rings is 1. The first kappa shape index (κ1) is 22.4. The first-order chi connectivity index (χ1) is 14.4. The number of hydrogen-bond donors (Lipinski definition) is 2. The normalized spacial score (nSPS) is 12.1. The fourth-order valence-corrected chi connectivity index (χ4v) is 3.08. The number of thioether (sulfide) groups is 1. The van der Waals surface area contributed by atoms with Crippen LogP contribution in [0.1, 0.15) is 11.1 Å². The summed E-state index contributed by atoms with van der Waals surface area (Å²) in [4.78, 5) is 16.0. The Morgan fingerprint density at radius 1 is 1.06 bits per heavy atom. The number of carbonyl (C=O) groups is 1. The lowest BCUT2D eigenvalue weighted by Gasteiger charge is -2.14. The lowest BCUT2D eigenvalue weighted by molar-refractivity contribution is -0.143. The summed E-state index contributed by atoms with van der Waals surface area (Å²) in [6, 6.07) is 4.14. The number of alkyl halides is 6. The van der Waals surface area contributed by atoms with Crippen molar-refractivity contribution in [2.75, 3.05) is 16.9 Å². The summed E-state index contributed by atoms with van der Waals surface area (Å²) < 4.78 is 78.5. The summed E-state index contributed by atoms with van der Waals surface area (Å²) in [5, 5.41) is 9.81. The highest BCUT2D eigenvalue weighted by Crippen LogP contribution is 2.37. The minimum absolute atomic E-state index is 0.0265. The molecule has 1 amide bonds. The van der Waals surface area contributed by atoms with E-state index in [1.807, 2.05) is 5.32 Å². The Hall–Kier alpha value is -3.29. The molecule has 1 aromatic carbocycles. The first-order valence-corrected chi connectivity index (χ1v) is 9.27.